The topological polar surface area (TPSA) is 102 Å². The van der Waals surface area contributed by atoms with Gasteiger partial charge in [-0.25, -0.2) is 13.6 Å². The number of nitrogens with zero attached hydrogens (tertiary/aromatic N) is 1. The van der Waals surface area contributed by atoms with Crippen LogP contribution in [0.3, 0.4) is 0 Å². The predicted molar refractivity (Wildman–Crippen MR) is 101 cm³/mol. The van der Waals surface area contributed by atoms with E-state index in [4.69, 9.17) is 5.14 Å². The van der Waals surface area contributed by atoms with Crippen LogP contribution >= 0.6 is 11.3 Å². The summed E-state index contributed by atoms with van der Waals surface area (Å²) in [5.74, 6) is -0.128. The fourth-order valence-electron chi connectivity index (χ4n) is 2.38. The van der Waals surface area contributed by atoms with Gasteiger partial charge in [-0.2, -0.15) is 0 Å². The lowest BCUT2D eigenvalue weighted by atomic mass is 10.1. The van der Waals surface area contributed by atoms with Gasteiger partial charge in [-0.15, -0.1) is 11.3 Å². The summed E-state index contributed by atoms with van der Waals surface area (Å²) in [6.07, 6.45) is 4.03. The number of thiophene rings is 1. The molecule has 0 bridgehead atoms. The first kappa shape index (κ1) is 18.2. The van der Waals surface area contributed by atoms with E-state index in [9.17, 15) is 13.2 Å². The molecule has 1 aromatic carbocycles. The van der Waals surface area contributed by atoms with E-state index in [0.717, 1.165) is 16.0 Å². The Morgan fingerprint density at radius 3 is 2.38 bits per heavy atom. The molecule has 6 nitrogen and oxygen atoms in total. The van der Waals surface area contributed by atoms with Gasteiger partial charge < -0.3 is 5.32 Å². The first-order valence-electron chi connectivity index (χ1n) is 7.84. The average molecular weight is 387 g/mol. The number of rotatable bonds is 6. The smallest absolute Gasteiger partial charge is 0.261 e. The molecule has 0 unspecified atom stereocenters. The molecule has 1 amide bonds. The molecule has 0 spiro atoms. The minimum Gasteiger partial charge on any atom is -0.351 e. The maximum absolute atomic E-state index is 12.3. The van der Waals surface area contributed by atoms with Crippen molar-refractivity contribution in [3.8, 4) is 10.4 Å². The number of nitrogens with two attached hydrogens (primary N) is 1. The average Bonchev–Trinajstić information content (AvgIpc) is 3.12. The summed E-state index contributed by atoms with van der Waals surface area (Å²) >= 11 is 1.42. The van der Waals surface area contributed by atoms with Crippen LogP contribution in [0.4, 0.5) is 0 Å². The van der Waals surface area contributed by atoms with Crippen LogP contribution in [0.15, 0.2) is 65.8 Å². The Morgan fingerprint density at radius 1 is 1.04 bits per heavy atom. The number of pyridine rings is 1. The van der Waals surface area contributed by atoms with E-state index in [-0.39, 0.29) is 10.8 Å². The molecular weight excluding hydrogens is 370 g/mol. The Labute approximate surface area is 155 Å². The largest absolute Gasteiger partial charge is 0.351 e. The van der Waals surface area contributed by atoms with Gasteiger partial charge >= 0.3 is 0 Å². The van der Waals surface area contributed by atoms with Gasteiger partial charge in [0.1, 0.15) is 0 Å². The van der Waals surface area contributed by atoms with Crippen molar-refractivity contribution in [1.29, 1.82) is 0 Å². The van der Waals surface area contributed by atoms with E-state index in [1.165, 1.54) is 23.5 Å². The van der Waals surface area contributed by atoms with Gasteiger partial charge in [0.05, 0.1) is 9.77 Å². The minimum atomic E-state index is -3.68. The number of carbonyl (C=O) groups is 1. The number of amides is 1. The van der Waals surface area contributed by atoms with Crippen LogP contribution in [-0.2, 0) is 16.4 Å². The SMILES string of the molecule is NS(=O)(=O)c1ccc(CCNC(=O)c2ccc(-c3ccncc3)s2)cc1. The van der Waals surface area contributed by atoms with Crippen molar-refractivity contribution in [2.75, 3.05) is 6.54 Å². The number of carbonyl (C=O) groups excluding carboxylic acids is 1. The second-order valence-electron chi connectivity index (χ2n) is 5.59. The van der Waals surface area contributed by atoms with Crippen LogP contribution in [0.5, 0.6) is 0 Å². The monoisotopic (exact) mass is 387 g/mol. The highest BCUT2D eigenvalue weighted by molar-refractivity contribution is 7.89. The first-order chi connectivity index (χ1) is 12.4. The number of aromatic nitrogens is 1. The fourth-order valence-corrected chi connectivity index (χ4v) is 3.83. The summed E-state index contributed by atoms with van der Waals surface area (Å²) < 4.78 is 22.5. The Bertz CT molecular complexity index is 998. The van der Waals surface area contributed by atoms with E-state index in [2.05, 4.69) is 10.3 Å². The number of sulfonamides is 1. The van der Waals surface area contributed by atoms with Crippen LogP contribution in [0.1, 0.15) is 15.2 Å². The second kappa shape index (κ2) is 7.77. The number of hydrogen-bond acceptors (Lipinski definition) is 5. The second-order valence-corrected chi connectivity index (χ2v) is 8.24. The number of primary sulfonamides is 1. The van der Waals surface area contributed by atoms with E-state index in [0.29, 0.717) is 17.8 Å². The van der Waals surface area contributed by atoms with Crippen molar-refractivity contribution in [3.63, 3.8) is 0 Å². The molecule has 134 valence electrons. The maximum atomic E-state index is 12.3. The molecule has 3 rings (SSSR count). The Balaban J connectivity index is 1.55. The van der Waals surface area contributed by atoms with Crippen molar-refractivity contribution in [2.24, 2.45) is 5.14 Å². The summed E-state index contributed by atoms with van der Waals surface area (Å²) in [6, 6.07) is 13.8. The van der Waals surface area contributed by atoms with Gasteiger partial charge in [-0.05, 0) is 53.9 Å². The van der Waals surface area contributed by atoms with Crippen LogP contribution in [0.2, 0.25) is 0 Å². The third-order valence-corrected chi connectivity index (χ3v) is 5.81. The molecule has 0 atom stereocenters. The quantitative estimate of drug-likeness (QED) is 0.678. The molecule has 26 heavy (non-hydrogen) atoms. The normalized spacial score (nSPS) is 11.3. The highest BCUT2D eigenvalue weighted by Gasteiger charge is 2.10. The maximum Gasteiger partial charge on any atom is 0.261 e. The lowest BCUT2D eigenvalue weighted by molar-refractivity contribution is 0.0958. The molecule has 2 heterocycles. The standard InChI is InChI=1S/C18H17N3O3S2/c19-26(23,24)15-3-1-13(2-4-15)7-12-21-18(22)17-6-5-16(25-17)14-8-10-20-11-9-14/h1-6,8-11H,7,12H2,(H,21,22)(H2,19,23,24). The van der Waals surface area contributed by atoms with Crippen molar-refractivity contribution < 1.29 is 13.2 Å². The number of nitrogens with one attached hydrogen (secondary N) is 1. The van der Waals surface area contributed by atoms with E-state index >= 15 is 0 Å². The highest BCUT2D eigenvalue weighted by Crippen LogP contribution is 2.27. The molecule has 8 heteroatoms. The molecule has 0 fully saturated rings. The van der Waals surface area contributed by atoms with Crippen LogP contribution < -0.4 is 10.5 Å². The molecule has 0 aliphatic heterocycles. The van der Waals surface area contributed by atoms with Gasteiger partial charge in [0, 0.05) is 23.8 Å². The molecule has 0 saturated carbocycles. The molecule has 3 N–H and O–H groups in total. The molecular formula is C18H17N3O3S2. The lowest BCUT2D eigenvalue weighted by Crippen LogP contribution is -2.24. The zero-order valence-corrected chi connectivity index (χ0v) is 15.4. The first-order valence-corrected chi connectivity index (χ1v) is 10.2. The highest BCUT2D eigenvalue weighted by atomic mass is 32.2. The van der Waals surface area contributed by atoms with Crippen molar-refractivity contribution >= 4 is 27.3 Å². The van der Waals surface area contributed by atoms with Crippen molar-refractivity contribution in [2.45, 2.75) is 11.3 Å². The van der Waals surface area contributed by atoms with Gasteiger partial charge in [-0.1, -0.05) is 12.1 Å². The van der Waals surface area contributed by atoms with Gasteiger partial charge in [0.25, 0.3) is 5.91 Å². The predicted octanol–water partition coefficient (Wildman–Crippen LogP) is 2.43. The lowest BCUT2D eigenvalue weighted by Gasteiger charge is -2.05. The summed E-state index contributed by atoms with van der Waals surface area (Å²) in [7, 11) is -3.68. The van der Waals surface area contributed by atoms with Crippen LogP contribution in [0.25, 0.3) is 10.4 Å². The summed E-state index contributed by atoms with van der Waals surface area (Å²) in [6.45, 7) is 0.454. The Hall–Kier alpha value is -2.55. The Morgan fingerprint density at radius 2 is 1.73 bits per heavy atom. The van der Waals surface area contributed by atoms with Crippen LogP contribution in [0, 0.1) is 0 Å². The summed E-state index contributed by atoms with van der Waals surface area (Å²) in [5, 5.41) is 7.94. The Kier molecular flexibility index (Phi) is 5.46. The van der Waals surface area contributed by atoms with Crippen molar-refractivity contribution in [1.82, 2.24) is 10.3 Å². The molecule has 0 aliphatic rings. The third-order valence-electron chi connectivity index (χ3n) is 3.75. The van der Waals surface area contributed by atoms with E-state index in [1.807, 2.05) is 18.2 Å². The van der Waals surface area contributed by atoms with Crippen LogP contribution in [-0.4, -0.2) is 25.9 Å². The fraction of sp³-hybridized carbons (Fsp3) is 0.111. The molecule has 0 saturated heterocycles. The van der Waals surface area contributed by atoms with Gasteiger partial charge in [-0.3, -0.25) is 9.78 Å². The van der Waals surface area contributed by atoms with Gasteiger partial charge in [0.15, 0.2) is 0 Å². The summed E-state index contributed by atoms with van der Waals surface area (Å²) in [5.41, 5.74) is 1.94. The zero-order chi connectivity index (χ0) is 18.6. The molecule has 0 radical (unpaired) electrons. The van der Waals surface area contributed by atoms with Gasteiger partial charge in [0.2, 0.25) is 10.0 Å². The van der Waals surface area contributed by atoms with E-state index in [1.54, 1.807) is 30.6 Å². The van der Waals surface area contributed by atoms with E-state index < -0.39 is 10.0 Å². The number of hydrogen-bond donors (Lipinski definition) is 2. The number of benzene rings is 1. The summed E-state index contributed by atoms with van der Waals surface area (Å²) in [4.78, 5) is 18.0. The zero-order valence-electron chi connectivity index (χ0n) is 13.8. The molecule has 3 aromatic rings. The molecule has 0 aliphatic carbocycles. The minimum absolute atomic E-state index is 0.0764. The third kappa shape index (κ3) is 4.54. The molecule has 2 aromatic heterocycles. The van der Waals surface area contributed by atoms with Crippen molar-refractivity contribution in [3.05, 3.63) is 71.4 Å².